The molecule has 0 atom stereocenters. The molecule has 0 bridgehead atoms. The second-order valence-electron chi connectivity index (χ2n) is 7.38. The predicted molar refractivity (Wildman–Crippen MR) is 119 cm³/mol. The summed E-state index contributed by atoms with van der Waals surface area (Å²) in [6.45, 7) is 8.89. The third-order valence-corrected chi connectivity index (χ3v) is 4.79. The molecule has 0 radical (unpaired) electrons. The van der Waals surface area contributed by atoms with Gasteiger partial charge >= 0.3 is 0 Å². The lowest BCUT2D eigenvalue weighted by Gasteiger charge is -2.10. The first-order chi connectivity index (χ1) is 13.9. The summed E-state index contributed by atoms with van der Waals surface area (Å²) in [5, 5.41) is 6.43. The number of anilines is 3. The van der Waals surface area contributed by atoms with Crippen LogP contribution >= 0.6 is 0 Å². The molecule has 0 saturated carbocycles. The van der Waals surface area contributed by atoms with Gasteiger partial charge in [0.15, 0.2) is 0 Å². The Hall–Kier alpha value is -3.21. The fourth-order valence-corrected chi connectivity index (χ4v) is 3.15. The molecule has 3 aromatic rings. The zero-order chi connectivity index (χ0) is 20.8. The largest absolute Gasteiger partial charge is 0.354 e. The van der Waals surface area contributed by atoms with Gasteiger partial charge < -0.3 is 10.6 Å². The Kier molecular flexibility index (Phi) is 6.60. The summed E-state index contributed by atoms with van der Waals surface area (Å²) in [4.78, 5) is 21.3. The van der Waals surface area contributed by atoms with Gasteiger partial charge in [-0.05, 0) is 62.1 Å². The normalized spacial score (nSPS) is 10.6. The second kappa shape index (κ2) is 9.32. The monoisotopic (exact) mass is 388 g/mol. The van der Waals surface area contributed by atoms with Crippen molar-refractivity contribution in [3.05, 3.63) is 76.5 Å². The number of rotatable bonds is 8. The van der Waals surface area contributed by atoms with Gasteiger partial charge in [0, 0.05) is 36.8 Å². The summed E-state index contributed by atoms with van der Waals surface area (Å²) in [6, 6.07) is 16.0. The van der Waals surface area contributed by atoms with E-state index in [2.05, 4.69) is 46.6 Å². The number of hydrogen-bond donors (Lipinski definition) is 2. The third kappa shape index (κ3) is 5.88. The number of benzene rings is 2. The molecule has 5 nitrogen and oxygen atoms in total. The highest BCUT2D eigenvalue weighted by molar-refractivity contribution is 5.83. The second-order valence-corrected chi connectivity index (χ2v) is 7.38. The topological polar surface area (TPSA) is 66.9 Å². The summed E-state index contributed by atoms with van der Waals surface area (Å²) in [5.41, 5.74) is 6.38. The van der Waals surface area contributed by atoms with E-state index in [1.54, 1.807) is 0 Å². The number of hydrogen-bond acceptors (Lipinski definition) is 5. The van der Waals surface area contributed by atoms with Crippen molar-refractivity contribution < 1.29 is 4.79 Å². The first-order valence-corrected chi connectivity index (χ1v) is 9.96. The van der Waals surface area contributed by atoms with Crippen LogP contribution in [0.2, 0.25) is 0 Å². The standard InChI is InChI=1S/C24H28N4O/c1-5-25-24-26-18(4)13-23(28-24)27-21-10-8-19(9-11-21)14-22(29)15-20-7-6-16(2)17(3)12-20/h6-13H,5,14-15H2,1-4H3,(H2,25,26,27,28). The molecule has 0 unspecified atom stereocenters. The van der Waals surface area contributed by atoms with Gasteiger partial charge in [-0.1, -0.05) is 30.3 Å². The molecule has 5 heteroatoms. The maximum absolute atomic E-state index is 12.5. The quantitative estimate of drug-likeness (QED) is 0.573. The first kappa shape index (κ1) is 20.5. The average Bonchev–Trinajstić information content (AvgIpc) is 2.66. The predicted octanol–water partition coefficient (Wildman–Crippen LogP) is 4.93. The van der Waals surface area contributed by atoms with Gasteiger partial charge in [-0.15, -0.1) is 0 Å². The van der Waals surface area contributed by atoms with Crippen LogP contribution in [0.15, 0.2) is 48.5 Å². The molecule has 0 aliphatic rings. The van der Waals surface area contributed by atoms with E-state index >= 15 is 0 Å². The molecule has 0 aliphatic heterocycles. The Bertz CT molecular complexity index is 996. The van der Waals surface area contributed by atoms with Crippen molar-refractivity contribution in [1.29, 1.82) is 0 Å². The molecular formula is C24H28N4O. The van der Waals surface area contributed by atoms with Crippen molar-refractivity contribution >= 4 is 23.2 Å². The van der Waals surface area contributed by atoms with E-state index in [0.717, 1.165) is 34.9 Å². The van der Waals surface area contributed by atoms with Gasteiger partial charge in [0.25, 0.3) is 0 Å². The lowest BCUT2D eigenvalue weighted by molar-refractivity contribution is -0.117. The molecule has 0 fully saturated rings. The van der Waals surface area contributed by atoms with Crippen molar-refractivity contribution in [1.82, 2.24) is 9.97 Å². The smallest absolute Gasteiger partial charge is 0.224 e. The summed E-state index contributed by atoms with van der Waals surface area (Å²) in [7, 11) is 0. The molecule has 2 N–H and O–H groups in total. The zero-order valence-corrected chi connectivity index (χ0v) is 17.5. The molecule has 0 aliphatic carbocycles. The Labute approximate surface area is 172 Å². The maximum Gasteiger partial charge on any atom is 0.224 e. The van der Waals surface area contributed by atoms with Gasteiger partial charge in [0.05, 0.1) is 0 Å². The van der Waals surface area contributed by atoms with E-state index < -0.39 is 0 Å². The van der Waals surface area contributed by atoms with Crippen LogP contribution in [0.5, 0.6) is 0 Å². The molecule has 150 valence electrons. The summed E-state index contributed by atoms with van der Waals surface area (Å²) in [5.74, 6) is 1.58. The van der Waals surface area contributed by atoms with Crippen LogP contribution in [0.4, 0.5) is 17.5 Å². The van der Waals surface area contributed by atoms with Crippen molar-refractivity contribution in [2.45, 2.75) is 40.5 Å². The average molecular weight is 389 g/mol. The number of ketones is 1. The van der Waals surface area contributed by atoms with Crippen LogP contribution in [0.3, 0.4) is 0 Å². The minimum Gasteiger partial charge on any atom is -0.354 e. The van der Waals surface area contributed by atoms with E-state index in [1.165, 1.54) is 11.1 Å². The van der Waals surface area contributed by atoms with E-state index in [4.69, 9.17) is 0 Å². The number of aromatic nitrogens is 2. The fraction of sp³-hybridized carbons (Fsp3) is 0.292. The van der Waals surface area contributed by atoms with Crippen LogP contribution in [0, 0.1) is 20.8 Å². The van der Waals surface area contributed by atoms with E-state index in [1.807, 2.05) is 50.2 Å². The van der Waals surface area contributed by atoms with Crippen LogP contribution in [0.1, 0.15) is 34.9 Å². The Morgan fingerprint density at radius 2 is 1.55 bits per heavy atom. The van der Waals surface area contributed by atoms with Crippen LogP contribution < -0.4 is 10.6 Å². The third-order valence-electron chi connectivity index (χ3n) is 4.79. The molecule has 1 aromatic heterocycles. The van der Waals surface area contributed by atoms with Crippen LogP contribution in [0.25, 0.3) is 0 Å². The number of nitrogens with zero attached hydrogens (tertiary/aromatic N) is 2. The molecule has 0 saturated heterocycles. The SMILES string of the molecule is CCNc1nc(C)cc(Nc2ccc(CC(=O)Cc3ccc(C)c(C)c3)cc2)n1. The highest BCUT2D eigenvalue weighted by atomic mass is 16.1. The van der Waals surface area contributed by atoms with Gasteiger partial charge in [-0.3, -0.25) is 4.79 Å². The van der Waals surface area contributed by atoms with Crippen molar-refractivity contribution in [3.63, 3.8) is 0 Å². The summed E-state index contributed by atoms with van der Waals surface area (Å²) >= 11 is 0. The highest BCUT2D eigenvalue weighted by Crippen LogP contribution is 2.18. The molecule has 2 aromatic carbocycles. The number of Topliss-reactive ketones (excluding diaryl/α,β-unsaturated/α-hetero) is 1. The zero-order valence-electron chi connectivity index (χ0n) is 17.5. The maximum atomic E-state index is 12.5. The lowest BCUT2D eigenvalue weighted by Crippen LogP contribution is -2.07. The van der Waals surface area contributed by atoms with Crippen molar-refractivity contribution in [3.8, 4) is 0 Å². The van der Waals surface area contributed by atoms with Gasteiger partial charge in [-0.2, -0.15) is 4.98 Å². The van der Waals surface area contributed by atoms with Gasteiger partial charge in [0.1, 0.15) is 11.6 Å². The summed E-state index contributed by atoms with van der Waals surface area (Å²) in [6.07, 6.45) is 0.902. The van der Waals surface area contributed by atoms with Gasteiger partial charge in [-0.25, -0.2) is 4.98 Å². The lowest BCUT2D eigenvalue weighted by atomic mass is 9.99. The molecule has 1 heterocycles. The Morgan fingerprint density at radius 3 is 2.24 bits per heavy atom. The molecule has 0 amide bonds. The minimum absolute atomic E-state index is 0.218. The number of aryl methyl sites for hydroxylation is 3. The number of carbonyl (C=O) groups excluding carboxylic acids is 1. The molecule has 3 rings (SSSR count). The summed E-state index contributed by atoms with van der Waals surface area (Å²) < 4.78 is 0. The number of nitrogens with one attached hydrogen (secondary N) is 2. The van der Waals surface area contributed by atoms with E-state index in [9.17, 15) is 4.79 Å². The molecule has 0 spiro atoms. The Morgan fingerprint density at radius 1 is 0.862 bits per heavy atom. The van der Waals surface area contributed by atoms with E-state index in [0.29, 0.717) is 18.8 Å². The first-order valence-electron chi connectivity index (χ1n) is 9.96. The number of carbonyl (C=O) groups is 1. The highest BCUT2D eigenvalue weighted by Gasteiger charge is 2.07. The van der Waals surface area contributed by atoms with Crippen LogP contribution in [-0.2, 0) is 17.6 Å². The van der Waals surface area contributed by atoms with E-state index in [-0.39, 0.29) is 5.78 Å². The van der Waals surface area contributed by atoms with Crippen molar-refractivity contribution in [2.24, 2.45) is 0 Å². The minimum atomic E-state index is 0.218. The van der Waals surface area contributed by atoms with Crippen LogP contribution in [-0.4, -0.2) is 22.3 Å². The molecule has 29 heavy (non-hydrogen) atoms. The fourth-order valence-electron chi connectivity index (χ4n) is 3.15. The van der Waals surface area contributed by atoms with Gasteiger partial charge in [0.2, 0.25) is 5.95 Å². The Balaban J connectivity index is 1.61. The van der Waals surface area contributed by atoms with Crippen molar-refractivity contribution in [2.75, 3.05) is 17.2 Å². The molecular weight excluding hydrogens is 360 g/mol.